The number of nitrogens with two attached hydrogens (primary N) is 1. The minimum Gasteiger partial charge on any atom is -0.398 e. The van der Waals surface area contributed by atoms with Crippen LogP contribution >= 0.6 is 0 Å². The molecule has 3 rings (SSSR count). The van der Waals surface area contributed by atoms with Gasteiger partial charge in [-0.2, -0.15) is 0 Å². The predicted octanol–water partition coefficient (Wildman–Crippen LogP) is 2.63. The molecule has 104 valence electrons. The van der Waals surface area contributed by atoms with E-state index in [1.165, 1.54) is 18.3 Å². The average molecular weight is 273 g/mol. The highest BCUT2D eigenvalue weighted by molar-refractivity contribution is 6.08. The first kappa shape index (κ1) is 12.8. The van der Waals surface area contributed by atoms with Crippen LogP contribution in [0.4, 0.5) is 10.1 Å². The van der Waals surface area contributed by atoms with Gasteiger partial charge in [0.1, 0.15) is 11.5 Å². The second-order valence-corrected chi connectivity index (χ2v) is 5.17. The van der Waals surface area contributed by atoms with Gasteiger partial charge < -0.3 is 11.1 Å². The Labute approximate surface area is 116 Å². The SMILES string of the molecule is Nc1ccc(F)c2c(C(=O)NC3CCCC3)nccc12. The molecule has 0 bridgehead atoms. The number of carbonyl (C=O) groups excluding carboxylic acids is 1. The van der Waals surface area contributed by atoms with Crippen molar-refractivity contribution in [1.29, 1.82) is 0 Å². The molecule has 1 aromatic carbocycles. The van der Waals surface area contributed by atoms with Gasteiger partial charge in [-0.05, 0) is 31.0 Å². The number of benzene rings is 1. The summed E-state index contributed by atoms with van der Waals surface area (Å²) in [6, 6.07) is 4.56. The van der Waals surface area contributed by atoms with Gasteiger partial charge in [-0.3, -0.25) is 9.78 Å². The fourth-order valence-electron chi connectivity index (χ4n) is 2.78. The van der Waals surface area contributed by atoms with Crippen molar-refractivity contribution in [3.05, 3.63) is 35.9 Å². The number of nitrogens with one attached hydrogen (secondary N) is 1. The molecule has 1 saturated carbocycles. The zero-order valence-corrected chi connectivity index (χ0v) is 11.0. The molecule has 1 amide bonds. The number of halogens is 1. The molecule has 0 atom stereocenters. The van der Waals surface area contributed by atoms with Gasteiger partial charge in [-0.1, -0.05) is 12.8 Å². The summed E-state index contributed by atoms with van der Waals surface area (Å²) in [5.74, 6) is -0.800. The van der Waals surface area contributed by atoms with E-state index in [1.54, 1.807) is 6.07 Å². The van der Waals surface area contributed by atoms with Gasteiger partial charge in [-0.25, -0.2) is 4.39 Å². The van der Waals surface area contributed by atoms with E-state index in [9.17, 15) is 9.18 Å². The summed E-state index contributed by atoms with van der Waals surface area (Å²) in [5, 5.41) is 3.65. The summed E-state index contributed by atoms with van der Waals surface area (Å²) in [7, 11) is 0. The van der Waals surface area contributed by atoms with Crippen LogP contribution in [0.1, 0.15) is 36.2 Å². The molecule has 2 aromatic rings. The standard InChI is InChI=1S/C15H16FN3O/c16-11-5-6-12(17)10-7-8-18-14(13(10)11)15(20)19-9-3-1-2-4-9/h5-9H,1-4,17H2,(H,19,20). The Morgan fingerprint density at radius 3 is 2.80 bits per heavy atom. The largest absolute Gasteiger partial charge is 0.398 e. The fraction of sp³-hybridized carbons (Fsp3) is 0.333. The highest BCUT2D eigenvalue weighted by atomic mass is 19.1. The Kier molecular flexibility index (Phi) is 3.26. The molecule has 0 aliphatic heterocycles. The Morgan fingerprint density at radius 2 is 2.05 bits per heavy atom. The fourth-order valence-corrected chi connectivity index (χ4v) is 2.78. The van der Waals surface area contributed by atoms with Crippen LogP contribution in [0, 0.1) is 5.82 Å². The van der Waals surface area contributed by atoms with Gasteiger partial charge in [0.25, 0.3) is 5.91 Å². The molecular weight excluding hydrogens is 257 g/mol. The molecule has 0 unspecified atom stereocenters. The number of fused-ring (bicyclic) bond motifs is 1. The molecule has 0 spiro atoms. The lowest BCUT2D eigenvalue weighted by molar-refractivity contribution is 0.0934. The highest BCUT2D eigenvalue weighted by Crippen LogP contribution is 2.26. The number of amides is 1. The van der Waals surface area contributed by atoms with Crippen LogP contribution in [-0.4, -0.2) is 16.9 Å². The molecule has 1 heterocycles. The van der Waals surface area contributed by atoms with Gasteiger partial charge in [0, 0.05) is 23.3 Å². The Balaban J connectivity index is 2.02. The molecule has 1 fully saturated rings. The minimum atomic E-state index is -0.473. The number of hydrogen-bond acceptors (Lipinski definition) is 3. The molecule has 20 heavy (non-hydrogen) atoms. The van der Waals surface area contributed by atoms with Gasteiger partial charge in [0.05, 0.1) is 5.39 Å². The third-order valence-corrected chi connectivity index (χ3v) is 3.82. The van der Waals surface area contributed by atoms with E-state index >= 15 is 0 Å². The predicted molar refractivity (Wildman–Crippen MR) is 75.8 cm³/mol. The summed E-state index contributed by atoms with van der Waals surface area (Å²) in [5.41, 5.74) is 6.39. The summed E-state index contributed by atoms with van der Waals surface area (Å²) >= 11 is 0. The zero-order chi connectivity index (χ0) is 14.1. The van der Waals surface area contributed by atoms with Crippen LogP contribution in [0.3, 0.4) is 0 Å². The molecule has 0 saturated heterocycles. The number of hydrogen-bond donors (Lipinski definition) is 2. The van der Waals surface area contributed by atoms with Crippen LogP contribution in [0.2, 0.25) is 0 Å². The van der Waals surface area contributed by atoms with Crippen molar-refractivity contribution in [3.8, 4) is 0 Å². The maximum atomic E-state index is 14.0. The third kappa shape index (κ3) is 2.19. The molecule has 1 aliphatic carbocycles. The maximum absolute atomic E-state index is 14.0. The molecular formula is C15H16FN3O. The summed E-state index contributed by atoms with van der Waals surface area (Å²) < 4.78 is 14.0. The van der Waals surface area contributed by atoms with Crippen molar-refractivity contribution in [2.45, 2.75) is 31.7 Å². The molecule has 4 nitrogen and oxygen atoms in total. The van der Waals surface area contributed by atoms with E-state index in [0.29, 0.717) is 11.1 Å². The Morgan fingerprint density at radius 1 is 1.30 bits per heavy atom. The molecule has 1 aromatic heterocycles. The summed E-state index contributed by atoms with van der Waals surface area (Å²) in [4.78, 5) is 16.3. The van der Waals surface area contributed by atoms with Crippen LogP contribution in [-0.2, 0) is 0 Å². The summed E-state index contributed by atoms with van der Waals surface area (Å²) in [6.07, 6.45) is 5.67. The number of anilines is 1. The van der Waals surface area contributed by atoms with E-state index in [4.69, 9.17) is 5.73 Å². The summed E-state index contributed by atoms with van der Waals surface area (Å²) in [6.45, 7) is 0. The van der Waals surface area contributed by atoms with Crippen molar-refractivity contribution < 1.29 is 9.18 Å². The van der Waals surface area contributed by atoms with Crippen molar-refractivity contribution in [3.63, 3.8) is 0 Å². The van der Waals surface area contributed by atoms with E-state index < -0.39 is 5.82 Å². The number of pyridine rings is 1. The maximum Gasteiger partial charge on any atom is 0.270 e. The smallest absolute Gasteiger partial charge is 0.270 e. The second-order valence-electron chi connectivity index (χ2n) is 5.17. The quantitative estimate of drug-likeness (QED) is 0.826. The first-order chi connectivity index (χ1) is 9.66. The first-order valence-electron chi connectivity index (χ1n) is 6.80. The van der Waals surface area contributed by atoms with Crippen molar-refractivity contribution in [2.75, 3.05) is 5.73 Å². The van der Waals surface area contributed by atoms with Crippen molar-refractivity contribution >= 4 is 22.4 Å². The lowest BCUT2D eigenvalue weighted by Crippen LogP contribution is -2.33. The van der Waals surface area contributed by atoms with E-state index in [1.807, 2.05) is 0 Å². The number of carbonyl (C=O) groups is 1. The van der Waals surface area contributed by atoms with Gasteiger partial charge in [0.2, 0.25) is 0 Å². The van der Waals surface area contributed by atoms with Crippen LogP contribution in [0.15, 0.2) is 24.4 Å². The normalized spacial score (nSPS) is 15.7. The lowest BCUT2D eigenvalue weighted by Gasteiger charge is -2.13. The number of aromatic nitrogens is 1. The minimum absolute atomic E-state index is 0.110. The zero-order valence-electron chi connectivity index (χ0n) is 11.0. The monoisotopic (exact) mass is 273 g/mol. The average Bonchev–Trinajstić information content (AvgIpc) is 2.95. The van der Waals surface area contributed by atoms with Gasteiger partial charge in [0.15, 0.2) is 0 Å². The van der Waals surface area contributed by atoms with E-state index in [0.717, 1.165) is 25.7 Å². The highest BCUT2D eigenvalue weighted by Gasteiger charge is 2.21. The molecule has 0 radical (unpaired) electrons. The third-order valence-electron chi connectivity index (χ3n) is 3.82. The molecule has 3 N–H and O–H groups in total. The molecule has 5 heteroatoms. The van der Waals surface area contributed by atoms with Crippen LogP contribution in [0.25, 0.3) is 10.8 Å². The number of nitrogen functional groups attached to an aromatic ring is 1. The first-order valence-corrected chi connectivity index (χ1v) is 6.80. The Hall–Kier alpha value is -2.17. The van der Waals surface area contributed by atoms with Gasteiger partial charge in [-0.15, -0.1) is 0 Å². The van der Waals surface area contributed by atoms with Crippen molar-refractivity contribution in [2.24, 2.45) is 0 Å². The Bertz CT molecular complexity index is 665. The van der Waals surface area contributed by atoms with E-state index in [-0.39, 0.29) is 23.0 Å². The van der Waals surface area contributed by atoms with E-state index in [2.05, 4.69) is 10.3 Å². The van der Waals surface area contributed by atoms with Gasteiger partial charge >= 0.3 is 0 Å². The number of nitrogens with zero attached hydrogens (tertiary/aromatic N) is 1. The topological polar surface area (TPSA) is 68.0 Å². The second kappa shape index (κ2) is 5.07. The molecule has 1 aliphatic rings. The van der Waals surface area contributed by atoms with Crippen LogP contribution < -0.4 is 11.1 Å². The van der Waals surface area contributed by atoms with Crippen LogP contribution in [0.5, 0.6) is 0 Å². The lowest BCUT2D eigenvalue weighted by atomic mass is 10.1. The van der Waals surface area contributed by atoms with Crippen molar-refractivity contribution in [1.82, 2.24) is 10.3 Å². The number of rotatable bonds is 2.